The minimum absolute atomic E-state index is 0.200. The first-order chi connectivity index (χ1) is 11.5. The maximum atomic E-state index is 13.9. The Hall–Kier alpha value is -2.07. The smallest absolute Gasteiger partial charge is 0.203 e. The zero-order valence-electron chi connectivity index (χ0n) is 12.0. The van der Waals surface area contributed by atoms with E-state index < -0.39 is 33.7 Å². The van der Waals surface area contributed by atoms with Crippen LogP contribution >= 0.6 is 21.6 Å². The minimum Gasteiger partial charge on any atom is -0.203 e. The highest BCUT2D eigenvalue weighted by atomic mass is 33.1. The molecular formula is C14H8F4N4S2. The number of hydrogen-bond donors (Lipinski definition) is 0. The molecule has 0 atom stereocenters. The summed E-state index contributed by atoms with van der Waals surface area (Å²) in [6, 6.07) is 8.80. The minimum atomic E-state index is -1.44. The van der Waals surface area contributed by atoms with E-state index in [0.29, 0.717) is 16.5 Å². The van der Waals surface area contributed by atoms with Crippen molar-refractivity contribution >= 4 is 21.6 Å². The molecule has 1 aromatic heterocycles. The van der Waals surface area contributed by atoms with E-state index in [1.165, 1.54) is 4.68 Å². The highest BCUT2D eigenvalue weighted by Gasteiger charge is 2.24. The van der Waals surface area contributed by atoms with Gasteiger partial charge in [-0.25, -0.2) is 17.6 Å². The molecule has 1 heterocycles. The Balaban J connectivity index is 1.90. The third-order valence-electron chi connectivity index (χ3n) is 3.08. The van der Waals surface area contributed by atoms with E-state index in [4.69, 9.17) is 0 Å². The van der Waals surface area contributed by atoms with Crippen molar-refractivity contribution in [2.24, 2.45) is 0 Å². The number of rotatable bonds is 4. The van der Waals surface area contributed by atoms with Gasteiger partial charge in [0.15, 0.2) is 23.3 Å². The SMILES string of the molecule is Cc1c(F)c(F)c(SSc2nnnn2-c2ccccc2)c(F)c1F. The van der Waals surface area contributed by atoms with Crippen LogP contribution in [-0.2, 0) is 0 Å². The third-order valence-corrected chi connectivity index (χ3v) is 5.29. The van der Waals surface area contributed by atoms with Crippen LogP contribution in [0.25, 0.3) is 5.69 Å². The molecule has 0 unspecified atom stereocenters. The molecule has 10 heteroatoms. The van der Waals surface area contributed by atoms with Crippen molar-refractivity contribution in [3.63, 3.8) is 0 Å². The van der Waals surface area contributed by atoms with Crippen LogP contribution in [0.15, 0.2) is 40.4 Å². The van der Waals surface area contributed by atoms with Gasteiger partial charge in [-0.1, -0.05) is 18.2 Å². The van der Waals surface area contributed by atoms with Crippen LogP contribution in [0.4, 0.5) is 17.6 Å². The molecule has 0 N–H and O–H groups in total. The van der Waals surface area contributed by atoms with E-state index >= 15 is 0 Å². The van der Waals surface area contributed by atoms with Gasteiger partial charge < -0.3 is 0 Å². The molecule has 4 nitrogen and oxygen atoms in total. The molecule has 24 heavy (non-hydrogen) atoms. The van der Waals surface area contributed by atoms with Gasteiger partial charge in [-0.15, -0.1) is 5.10 Å². The first kappa shape index (κ1) is 16.8. The Kier molecular flexibility index (Phi) is 4.76. The first-order valence-electron chi connectivity index (χ1n) is 6.51. The Morgan fingerprint density at radius 1 is 0.875 bits per heavy atom. The van der Waals surface area contributed by atoms with Gasteiger partial charge in [-0.2, -0.15) is 4.68 Å². The van der Waals surface area contributed by atoms with Crippen molar-refractivity contribution in [1.29, 1.82) is 0 Å². The summed E-state index contributed by atoms with van der Waals surface area (Å²) < 4.78 is 56.3. The third kappa shape index (κ3) is 2.98. The van der Waals surface area contributed by atoms with Crippen molar-refractivity contribution in [3.8, 4) is 5.69 Å². The molecule has 0 bridgehead atoms. The lowest BCUT2D eigenvalue weighted by Gasteiger charge is -2.08. The summed E-state index contributed by atoms with van der Waals surface area (Å²) in [4.78, 5) is -0.775. The summed E-state index contributed by atoms with van der Waals surface area (Å²) in [6.07, 6.45) is 0. The molecule has 3 aromatic rings. The molecule has 0 aliphatic rings. The standard InChI is InChI=1S/C14H8F4N4S2/c1-7-9(15)11(17)13(12(18)10(7)16)23-24-14-19-20-21-22(14)8-5-3-2-4-6-8/h2-6H,1H3. The second-order valence-electron chi connectivity index (χ2n) is 4.59. The summed E-state index contributed by atoms with van der Waals surface area (Å²) in [5, 5.41) is 11.2. The molecule has 124 valence electrons. The summed E-state index contributed by atoms with van der Waals surface area (Å²) in [7, 11) is 1.28. The van der Waals surface area contributed by atoms with Gasteiger partial charge in [0.05, 0.1) is 10.6 Å². The van der Waals surface area contributed by atoms with Crippen LogP contribution in [0, 0.1) is 30.2 Å². The topological polar surface area (TPSA) is 43.6 Å². The largest absolute Gasteiger partial charge is 0.225 e. The average Bonchev–Trinajstić information content (AvgIpc) is 3.07. The zero-order chi connectivity index (χ0) is 17.3. The van der Waals surface area contributed by atoms with E-state index in [0.717, 1.165) is 17.7 Å². The fraction of sp³-hybridized carbons (Fsp3) is 0.0714. The zero-order valence-corrected chi connectivity index (χ0v) is 13.6. The van der Waals surface area contributed by atoms with Gasteiger partial charge in [-0.05, 0) is 51.1 Å². The van der Waals surface area contributed by atoms with Crippen LogP contribution in [0.3, 0.4) is 0 Å². The number of nitrogens with zero attached hydrogens (tertiary/aromatic N) is 4. The molecule has 0 saturated carbocycles. The van der Waals surface area contributed by atoms with Gasteiger partial charge in [0, 0.05) is 5.56 Å². The lowest BCUT2D eigenvalue weighted by Crippen LogP contribution is -2.02. The molecule has 0 radical (unpaired) electrons. The summed E-state index contributed by atoms with van der Waals surface area (Å²) >= 11 is 0. The normalized spacial score (nSPS) is 11.0. The van der Waals surface area contributed by atoms with Crippen LogP contribution in [0.1, 0.15) is 5.56 Å². The van der Waals surface area contributed by atoms with Crippen molar-refractivity contribution in [2.45, 2.75) is 17.0 Å². The Morgan fingerprint density at radius 3 is 2.12 bits per heavy atom. The first-order valence-corrected chi connectivity index (χ1v) is 8.66. The van der Waals surface area contributed by atoms with Crippen LogP contribution in [0.2, 0.25) is 0 Å². The fourth-order valence-corrected chi connectivity index (χ4v) is 3.83. The molecule has 3 rings (SSSR count). The van der Waals surface area contributed by atoms with Gasteiger partial charge in [0.25, 0.3) is 0 Å². The number of halogens is 4. The molecule has 2 aromatic carbocycles. The summed E-state index contributed by atoms with van der Waals surface area (Å²) in [5.41, 5.74) is -0.0683. The second kappa shape index (κ2) is 6.81. The molecule has 0 spiro atoms. The van der Waals surface area contributed by atoms with E-state index in [2.05, 4.69) is 15.5 Å². The summed E-state index contributed by atoms with van der Waals surface area (Å²) in [6.45, 7) is 0.967. The predicted octanol–water partition coefficient (Wildman–Crippen LogP) is 4.33. The monoisotopic (exact) mass is 372 g/mol. The van der Waals surface area contributed by atoms with Crippen LogP contribution in [-0.4, -0.2) is 20.2 Å². The molecule has 0 aliphatic heterocycles. The van der Waals surface area contributed by atoms with E-state index in [1.807, 2.05) is 0 Å². The van der Waals surface area contributed by atoms with E-state index in [9.17, 15) is 17.6 Å². The number of aromatic nitrogens is 4. The predicted molar refractivity (Wildman–Crippen MR) is 81.9 cm³/mol. The van der Waals surface area contributed by atoms with Gasteiger partial charge in [0.2, 0.25) is 5.16 Å². The van der Waals surface area contributed by atoms with Crippen molar-refractivity contribution in [1.82, 2.24) is 20.2 Å². The molecular weight excluding hydrogens is 364 g/mol. The second-order valence-corrected chi connectivity index (χ2v) is 6.69. The van der Waals surface area contributed by atoms with E-state index in [1.54, 1.807) is 30.3 Å². The summed E-state index contributed by atoms with van der Waals surface area (Å²) in [5.74, 6) is -5.72. The van der Waals surface area contributed by atoms with Crippen molar-refractivity contribution in [2.75, 3.05) is 0 Å². The fourth-order valence-electron chi connectivity index (χ4n) is 1.84. The van der Waals surface area contributed by atoms with Crippen LogP contribution in [0.5, 0.6) is 0 Å². The Morgan fingerprint density at radius 2 is 1.50 bits per heavy atom. The van der Waals surface area contributed by atoms with Gasteiger partial charge in [-0.3, -0.25) is 0 Å². The Bertz CT molecular complexity index is 857. The highest BCUT2D eigenvalue weighted by Crippen LogP contribution is 2.41. The molecule has 0 fully saturated rings. The number of benzene rings is 2. The number of para-hydroxylation sites is 1. The van der Waals surface area contributed by atoms with Crippen molar-refractivity contribution < 1.29 is 17.6 Å². The highest BCUT2D eigenvalue weighted by molar-refractivity contribution is 8.76. The molecule has 0 amide bonds. The molecule has 0 aliphatic carbocycles. The average molecular weight is 372 g/mol. The maximum absolute atomic E-state index is 13.9. The quantitative estimate of drug-likeness (QED) is 0.388. The van der Waals surface area contributed by atoms with Crippen LogP contribution < -0.4 is 0 Å². The number of hydrogen-bond acceptors (Lipinski definition) is 5. The number of tetrazole rings is 1. The van der Waals surface area contributed by atoms with Crippen molar-refractivity contribution in [3.05, 3.63) is 59.2 Å². The molecule has 0 saturated heterocycles. The van der Waals surface area contributed by atoms with Gasteiger partial charge >= 0.3 is 0 Å². The maximum Gasteiger partial charge on any atom is 0.225 e. The van der Waals surface area contributed by atoms with Gasteiger partial charge in [0.1, 0.15) is 0 Å². The lowest BCUT2D eigenvalue weighted by atomic mass is 10.2. The Labute approximate surface area is 141 Å². The van der Waals surface area contributed by atoms with E-state index in [-0.39, 0.29) is 5.16 Å². The lowest BCUT2D eigenvalue weighted by molar-refractivity contribution is 0.418.